The van der Waals surface area contributed by atoms with Crippen molar-refractivity contribution < 1.29 is 9.53 Å². The number of carbonyl (C=O) groups is 1. The normalized spacial score (nSPS) is 12.0. The van der Waals surface area contributed by atoms with Crippen LogP contribution in [0.5, 0.6) is 0 Å². The van der Waals surface area contributed by atoms with E-state index in [9.17, 15) is 4.79 Å². The van der Waals surface area contributed by atoms with Crippen molar-refractivity contribution in [1.29, 1.82) is 0 Å². The Labute approximate surface area is 129 Å². The molecule has 0 bridgehead atoms. The van der Waals surface area contributed by atoms with Crippen LogP contribution in [0.4, 0.5) is 0 Å². The Morgan fingerprint density at radius 3 is 2.55 bits per heavy atom. The van der Waals surface area contributed by atoms with Gasteiger partial charge in [0.2, 0.25) is 0 Å². The van der Waals surface area contributed by atoms with Crippen LogP contribution in [0, 0.1) is 6.92 Å². The molecule has 0 radical (unpaired) electrons. The predicted molar refractivity (Wildman–Crippen MR) is 88.1 cm³/mol. The molecule has 0 N–H and O–H groups in total. The molecule has 0 amide bonds. The van der Waals surface area contributed by atoms with Gasteiger partial charge in [0.05, 0.1) is 5.52 Å². The number of para-hydroxylation sites is 1. The summed E-state index contributed by atoms with van der Waals surface area (Å²) in [5.41, 5.74) is 2.79. The van der Waals surface area contributed by atoms with Crippen LogP contribution < -0.4 is 0 Å². The highest BCUT2D eigenvalue weighted by atomic mass is 16.6. The summed E-state index contributed by atoms with van der Waals surface area (Å²) in [5, 5.41) is 2.24. The first kappa shape index (κ1) is 14.6. The zero-order valence-corrected chi connectivity index (χ0v) is 13.6. The summed E-state index contributed by atoms with van der Waals surface area (Å²) >= 11 is 0. The fourth-order valence-corrected chi connectivity index (χ4v) is 2.80. The summed E-state index contributed by atoms with van der Waals surface area (Å²) in [6, 6.07) is 10.00. The second-order valence-electron chi connectivity index (χ2n) is 6.57. The lowest BCUT2D eigenvalue weighted by atomic mass is 10.1. The van der Waals surface area contributed by atoms with E-state index in [1.807, 2.05) is 52.9 Å². The Bertz CT molecular complexity index is 885. The van der Waals surface area contributed by atoms with Gasteiger partial charge in [-0.2, -0.15) is 0 Å². The third kappa shape index (κ3) is 2.34. The first-order chi connectivity index (χ1) is 10.3. The van der Waals surface area contributed by atoms with Gasteiger partial charge in [0.15, 0.2) is 5.69 Å². The number of hydrogen-bond donors (Lipinski definition) is 0. The Hall–Kier alpha value is -2.36. The molecule has 0 saturated carbocycles. The fourth-order valence-electron chi connectivity index (χ4n) is 2.80. The Balaban J connectivity index is 2.23. The summed E-state index contributed by atoms with van der Waals surface area (Å²) in [6.07, 6.45) is 0. The number of ether oxygens (including phenoxy) is 1. The molecule has 0 saturated heterocycles. The average molecular weight is 296 g/mol. The number of fused-ring (bicyclic) bond motifs is 3. The van der Waals surface area contributed by atoms with Gasteiger partial charge in [-0.25, -0.2) is 9.78 Å². The third-order valence-electron chi connectivity index (χ3n) is 3.68. The molecular formula is C18H20N2O2. The number of aromatic nitrogens is 2. The van der Waals surface area contributed by atoms with Gasteiger partial charge in [-0.3, -0.25) is 0 Å². The molecule has 22 heavy (non-hydrogen) atoms. The summed E-state index contributed by atoms with van der Waals surface area (Å²) in [5.74, 6) is -0.386. The predicted octanol–water partition coefficient (Wildman–Crippen LogP) is 3.99. The summed E-state index contributed by atoms with van der Waals surface area (Å²) in [4.78, 5) is 16.7. The lowest BCUT2D eigenvalue weighted by Gasteiger charge is -2.19. The minimum atomic E-state index is -0.527. The van der Waals surface area contributed by atoms with Gasteiger partial charge in [-0.15, -0.1) is 0 Å². The van der Waals surface area contributed by atoms with Crippen molar-refractivity contribution >= 4 is 27.8 Å². The maximum Gasteiger partial charge on any atom is 0.357 e. The highest BCUT2D eigenvalue weighted by Crippen LogP contribution is 2.30. The number of pyridine rings is 1. The number of nitrogens with zero attached hydrogens (tertiary/aromatic N) is 2. The molecule has 0 aliphatic heterocycles. The van der Waals surface area contributed by atoms with Crippen LogP contribution >= 0.6 is 0 Å². The fraction of sp³-hybridized carbons (Fsp3) is 0.333. The van der Waals surface area contributed by atoms with Gasteiger partial charge in [-0.05, 0) is 39.8 Å². The highest BCUT2D eigenvalue weighted by Gasteiger charge is 2.21. The second-order valence-corrected chi connectivity index (χ2v) is 6.57. The molecule has 4 heteroatoms. The van der Waals surface area contributed by atoms with Crippen LogP contribution in [-0.4, -0.2) is 21.1 Å². The summed E-state index contributed by atoms with van der Waals surface area (Å²) in [6.45, 7) is 7.50. The number of aryl methyl sites for hydroxylation is 2. The van der Waals surface area contributed by atoms with Crippen LogP contribution in [0.1, 0.15) is 37.0 Å². The molecule has 3 rings (SSSR count). The molecular weight excluding hydrogens is 276 g/mol. The van der Waals surface area contributed by atoms with Gasteiger partial charge in [-0.1, -0.05) is 18.2 Å². The molecule has 1 aromatic carbocycles. The van der Waals surface area contributed by atoms with Gasteiger partial charge in [0, 0.05) is 29.0 Å². The molecule has 4 nitrogen and oxygen atoms in total. The smallest absolute Gasteiger partial charge is 0.357 e. The second kappa shape index (κ2) is 4.83. The van der Waals surface area contributed by atoms with E-state index in [1.165, 1.54) is 0 Å². The molecule has 2 heterocycles. The number of benzene rings is 1. The maximum atomic E-state index is 12.3. The summed E-state index contributed by atoms with van der Waals surface area (Å²) < 4.78 is 7.52. The van der Waals surface area contributed by atoms with E-state index in [0.717, 1.165) is 27.5 Å². The lowest BCUT2D eigenvalue weighted by molar-refractivity contribution is 0.00628. The highest BCUT2D eigenvalue weighted by molar-refractivity contribution is 6.10. The van der Waals surface area contributed by atoms with E-state index in [1.54, 1.807) is 0 Å². The monoisotopic (exact) mass is 296 g/mol. The molecule has 0 spiro atoms. The molecule has 114 valence electrons. The number of esters is 1. The number of rotatable bonds is 1. The van der Waals surface area contributed by atoms with Gasteiger partial charge in [0.1, 0.15) is 5.60 Å². The van der Waals surface area contributed by atoms with E-state index in [2.05, 4.69) is 21.7 Å². The standard InChI is InChI=1S/C18H20N2O2/c1-11-16-12-8-6-7-9-14(12)20(5)15(16)10-13(19-11)17(21)22-18(2,3)4/h6-10H,1-5H3. The van der Waals surface area contributed by atoms with E-state index in [4.69, 9.17) is 4.74 Å². The van der Waals surface area contributed by atoms with E-state index in [-0.39, 0.29) is 5.97 Å². The number of carbonyl (C=O) groups excluding carboxylic acids is 1. The number of hydrogen-bond acceptors (Lipinski definition) is 3. The minimum absolute atomic E-state index is 0.353. The third-order valence-corrected chi connectivity index (χ3v) is 3.68. The van der Waals surface area contributed by atoms with Crippen molar-refractivity contribution in [1.82, 2.24) is 9.55 Å². The van der Waals surface area contributed by atoms with Crippen molar-refractivity contribution in [2.24, 2.45) is 7.05 Å². The topological polar surface area (TPSA) is 44.1 Å². The van der Waals surface area contributed by atoms with Crippen LogP contribution in [0.3, 0.4) is 0 Å². The molecule has 0 atom stereocenters. The van der Waals surface area contributed by atoms with Crippen LogP contribution in [0.15, 0.2) is 30.3 Å². The molecule has 2 aromatic heterocycles. The first-order valence-corrected chi connectivity index (χ1v) is 7.36. The van der Waals surface area contributed by atoms with E-state index >= 15 is 0 Å². The molecule has 3 aromatic rings. The molecule has 0 fully saturated rings. The van der Waals surface area contributed by atoms with E-state index in [0.29, 0.717) is 5.69 Å². The Morgan fingerprint density at radius 1 is 1.18 bits per heavy atom. The van der Waals surface area contributed by atoms with Crippen molar-refractivity contribution in [2.45, 2.75) is 33.3 Å². The van der Waals surface area contributed by atoms with Gasteiger partial charge >= 0.3 is 5.97 Å². The Kier molecular flexibility index (Phi) is 3.20. The van der Waals surface area contributed by atoms with Gasteiger partial charge in [0.25, 0.3) is 0 Å². The van der Waals surface area contributed by atoms with Crippen LogP contribution in [0.25, 0.3) is 21.8 Å². The quantitative estimate of drug-likeness (QED) is 0.638. The molecule has 0 aliphatic carbocycles. The lowest BCUT2D eigenvalue weighted by Crippen LogP contribution is -2.24. The Morgan fingerprint density at radius 2 is 1.86 bits per heavy atom. The maximum absolute atomic E-state index is 12.3. The molecule has 0 unspecified atom stereocenters. The van der Waals surface area contributed by atoms with Crippen molar-refractivity contribution in [3.63, 3.8) is 0 Å². The summed E-state index contributed by atoms with van der Waals surface area (Å²) in [7, 11) is 2.00. The van der Waals surface area contributed by atoms with Crippen molar-refractivity contribution in [3.05, 3.63) is 41.7 Å². The van der Waals surface area contributed by atoms with Gasteiger partial charge < -0.3 is 9.30 Å². The SMILES string of the molecule is Cc1nc(C(=O)OC(C)(C)C)cc2c1c1ccccc1n2C. The largest absolute Gasteiger partial charge is 0.455 e. The zero-order chi connectivity index (χ0) is 16.1. The van der Waals surface area contributed by atoms with Crippen molar-refractivity contribution in [2.75, 3.05) is 0 Å². The van der Waals surface area contributed by atoms with Crippen molar-refractivity contribution in [3.8, 4) is 0 Å². The zero-order valence-electron chi connectivity index (χ0n) is 13.6. The van der Waals surface area contributed by atoms with E-state index < -0.39 is 5.60 Å². The molecule has 0 aliphatic rings. The first-order valence-electron chi connectivity index (χ1n) is 7.36. The van der Waals surface area contributed by atoms with Crippen LogP contribution in [0.2, 0.25) is 0 Å². The van der Waals surface area contributed by atoms with Crippen LogP contribution in [-0.2, 0) is 11.8 Å². The average Bonchev–Trinajstić information content (AvgIpc) is 2.71. The minimum Gasteiger partial charge on any atom is -0.455 e.